The van der Waals surface area contributed by atoms with Crippen molar-refractivity contribution in [3.63, 3.8) is 0 Å². The fourth-order valence-electron chi connectivity index (χ4n) is 6.21. The molecule has 228 valence electrons. The van der Waals surface area contributed by atoms with E-state index in [1.165, 1.54) is 16.5 Å². The van der Waals surface area contributed by atoms with E-state index in [0.29, 0.717) is 11.4 Å². The molecule has 2 aromatic heterocycles. The molecule has 0 unspecified atom stereocenters. The molecule has 0 fully saturated rings. The van der Waals surface area contributed by atoms with E-state index in [1.54, 1.807) is 6.07 Å². The smallest absolute Gasteiger partial charge is 0.149 e. The van der Waals surface area contributed by atoms with Crippen LogP contribution in [0.1, 0.15) is 52.7 Å². The lowest BCUT2D eigenvalue weighted by molar-refractivity contribution is 0.477. The van der Waals surface area contributed by atoms with Crippen LogP contribution in [0.2, 0.25) is 0 Å². The van der Waals surface area contributed by atoms with Crippen LogP contribution >= 0.6 is 0 Å². The minimum Gasteiger partial charge on any atom is -0.507 e. The van der Waals surface area contributed by atoms with Crippen molar-refractivity contribution in [3.8, 4) is 45.2 Å². The first kappa shape index (κ1) is 29.5. The van der Waals surface area contributed by atoms with E-state index < -0.39 is 0 Å². The van der Waals surface area contributed by atoms with Gasteiger partial charge in [-0.15, -0.1) is 0 Å². The van der Waals surface area contributed by atoms with Crippen molar-refractivity contribution in [3.05, 3.63) is 133 Å². The molecule has 5 aromatic carbocycles. The minimum absolute atomic E-state index is 0.0967. The molecule has 0 aliphatic heterocycles. The number of para-hydroxylation sites is 2. The summed E-state index contributed by atoms with van der Waals surface area (Å²) < 4.78 is 2.18. The van der Waals surface area contributed by atoms with E-state index in [0.717, 1.165) is 44.5 Å². The highest BCUT2D eigenvalue weighted by Crippen LogP contribution is 2.42. The predicted molar refractivity (Wildman–Crippen MR) is 192 cm³/mol. The third-order valence-electron chi connectivity index (χ3n) is 8.84. The summed E-state index contributed by atoms with van der Waals surface area (Å²) in [6.07, 6.45) is 1.90. The van der Waals surface area contributed by atoms with Crippen LogP contribution in [-0.2, 0) is 10.8 Å². The molecule has 0 atom stereocenters. The third kappa shape index (κ3) is 5.24. The van der Waals surface area contributed by atoms with Gasteiger partial charge in [0.1, 0.15) is 11.6 Å². The molecule has 0 aliphatic rings. The summed E-state index contributed by atoms with van der Waals surface area (Å²) in [5.74, 6) is 0.904. The van der Waals surface area contributed by atoms with Gasteiger partial charge in [0.15, 0.2) is 0 Å². The van der Waals surface area contributed by atoms with Crippen LogP contribution < -0.4 is 0 Å². The molecule has 4 heteroatoms. The van der Waals surface area contributed by atoms with Crippen molar-refractivity contribution in [2.45, 2.75) is 52.4 Å². The second kappa shape index (κ2) is 11.0. The SMILES string of the molecule is CC(C)(C)c1cc(-c2nccc3ccccc23)cc(-c2cc(C(C)(C)C)cc3c2nc(-c2ccccc2O)n3-c2ccccc2)c1. The van der Waals surface area contributed by atoms with Crippen LogP contribution in [0, 0.1) is 0 Å². The fourth-order valence-corrected chi connectivity index (χ4v) is 6.21. The molecular weight excluding hydrogens is 562 g/mol. The Morgan fingerprint density at radius 3 is 2.00 bits per heavy atom. The fraction of sp³-hybridized carbons (Fsp3) is 0.190. The number of fused-ring (bicyclic) bond motifs is 2. The number of pyridine rings is 1. The van der Waals surface area contributed by atoms with E-state index in [1.807, 2.05) is 42.6 Å². The highest BCUT2D eigenvalue weighted by molar-refractivity contribution is 5.99. The second-order valence-electron chi connectivity index (χ2n) is 14.2. The number of hydrogen-bond donors (Lipinski definition) is 1. The van der Waals surface area contributed by atoms with E-state index in [-0.39, 0.29) is 16.6 Å². The average Bonchev–Trinajstić information content (AvgIpc) is 3.43. The lowest BCUT2D eigenvalue weighted by Gasteiger charge is -2.24. The number of nitrogens with zero attached hydrogens (tertiary/aromatic N) is 3. The molecule has 1 N–H and O–H groups in total. The molecule has 46 heavy (non-hydrogen) atoms. The maximum atomic E-state index is 11.0. The van der Waals surface area contributed by atoms with Crippen molar-refractivity contribution in [1.82, 2.24) is 14.5 Å². The summed E-state index contributed by atoms with van der Waals surface area (Å²) in [6, 6.07) is 39.7. The third-order valence-corrected chi connectivity index (χ3v) is 8.84. The molecule has 2 heterocycles. The number of hydrogen-bond acceptors (Lipinski definition) is 3. The Hall–Kier alpha value is -5.22. The first-order valence-electron chi connectivity index (χ1n) is 15.9. The maximum absolute atomic E-state index is 11.0. The van der Waals surface area contributed by atoms with Gasteiger partial charge in [-0.2, -0.15) is 0 Å². The van der Waals surface area contributed by atoms with Crippen molar-refractivity contribution in [2.24, 2.45) is 0 Å². The van der Waals surface area contributed by atoms with Gasteiger partial charge in [-0.05, 0) is 87.5 Å². The first-order chi connectivity index (χ1) is 22.0. The Kier molecular flexibility index (Phi) is 7.05. The molecule has 0 saturated heterocycles. The molecule has 0 aliphatic carbocycles. The molecule has 0 radical (unpaired) electrons. The molecule has 7 aromatic rings. The maximum Gasteiger partial charge on any atom is 0.149 e. The minimum atomic E-state index is -0.120. The van der Waals surface area contributed by atoms with Gasteiger partial charge in [0.25, 0.3) is 0 Å². The van der Waals surface area contributed by atoms with E-state index in [4.69, 9.17) is 9.97 Å². The monoisotopic (exact) mass is 601 g/mol. The average molecular weight is 602 g/mol. The quantitative estimate of drug-likeness (QED) is 0.218. The van der Waals surface area contributed by atoms with Gasteiger partial charge in [0, 0.05) is 28.4 Å². The Balaban J connectivity index is 1.60. The zero-order valence-corrected chi connectivity index (χ0v) is 27.3. The van der Waals surface area contributed by atoms with Gasteiger partial charge in [-0.1, -0.05) is 102 Å². The van der Waals surface area contributed by atoms with Gasteiger partial charge in [-0.25, -0.2) is 4.98 Å². The zero-order valence-electron chi connectivity index (χ0n) is 27.3. The van der Waals surface area contributed by atoms with Gasteiger partial charge in [0.05, 0.1) is 22.3 Å². The number of aromatic nitrogens is 3. The molecule has 7 rings (SSSR count). The predicted octanol–water partition coefficient (Wildman–Crippen LogP) is 10.9. The Morgan fingerprint density at radius 2 is 1.26 bits per heavy atom. The number of phenols is 1. The van der Waals surface area contributed by atoms with Gasteiger partial charge >= 0.3 is 0 Å². The number of aromatic hydroxyl groups is 1. The Morgan fingerprint density at radius 1 is 0.609 bits per heavy atom. The largest absolute Gasteiger partial charge is 0.507 e. The van der Waals surface area contributed by atoms with Crippen molar-refractivity contribution in [1.29, 1.82) is 0 Å². The standard InChI is InChI=1S/C42H39N3O/c1-41(2,3)30-23-28(22-29(24-30)38-33-17-11-10-14-27(33)20-21-43-38)35-25-31(42(4,5)6)26-36-39(35)44-40(34-18-12-13-19-37(34)46)45(36)32-15-8-7-9-16-32/h7-26,46H,1-6H3. The van der Waals surface area contributed by atoms with Crippen LogP contribution in [-0.4, -0.2) is 19.6 Å². The summed E-state index contributed by atoms with van der Waals surface area (Å²) in [4.78, 5) is 10.3. The summed E-state index contributed by atoms with van der Waals surface area (Å²) in [5.41, 5.74) is 9.99. The van der Waals surface area contributed by atoms with E-state index in [2.05, 4.69) is 119 Å². The van der Waals surface area contributed by atoms with Crippen LogP contribution in [0.4, 0.5) is 0 Å². The van der Waals surface area contributed by atoms with Crippen LogP contribution in [0.3, 0.4) is 0 Å². The number of rotatable bonds is 4. The highest BCUT2D eigenvalue weighted by Gasteiger charge is 2.25. The van der Waals surface area contributed by atoms with Gasteiger partial charge in [-0.3, -0.25) is 9.55 Å². The Labute approximate surface area is 271 Å². The number of imidazole rings is 1. The first-order valence-corrected chi connectivity index (χ1v) is 15.9. The number of phenolic OH excluding ortho intramolecular Hbond substituents is 1. The topological polar surface area (TPSA) is 50.9 Å². The second-order valence-corrected chi connectivity index (χ2v) is 14.2. The molecular formula is C42H39N3O. The summed E-state index contributed by atoms with van der Waals surface area (Å²) in [6.45, 7) is 13.5. The molecule has 0 bridgehead atoms. The molecule has 0 spiro atoms. The lowest BCUT2D eigenvalue weighted by Crippen LogP contribution is -2.12. The van der Waals surface area contributed by atoms with Crippen molar-refractivity contribution < 1.29 is 5.11 Å². The van der Waals surface area contributed by atoms with Crippen molar-refractivity contribution >= 4 is 21.8 Å². The Bertz CT molecular complexity index is 2230. The van der Waals surface area contributed by atoms with Gasteiger partial charge in [0.2, 0.25) is 0 Å². The summed E-state index contributed by atoms with van der Waals surface area (Å²) in [5, 5.41) is 13.3. The molecule has 0 amide bonds. The van der Waals surface area contributed by atoms with E-state index >= 15 is 0 Å². The van der Waals surface area contributed by atoms with Crippen LogP contribution in [0.5, 0.6) is 5.75 Å². The lowest BCUT2D eigenvalue weighted by atomic mass is 9.81. The zero-order chi connectivity index (χ0) is 32.2. The molecule has 0 saturated carbocycles. The van der Waals surface area contributed by atoms with Crippen molar-refractivity contribution in [2.75, 3.05) is 0 Å². The summed E-state index contributed by atoms with van der Waals surface area (Å²) in [7, 11) is 0. The highest BCUT2D eigenvalue weighted by atomic mass is 16.3. The number of benzene rings is 5. The van der Waals surface area contributed by atoms with Gasteiger partial charge < -0.3 is 5.11 Å². The van der Waals surface area contributed by atoms with Crippen LogP contribution in [0.15, 0.2) is 121 Å². The van der Waals surface area contributed by atoms with Crippen LogP contribution in [0.25, 0.3) is 61.3 Å². The summed E-state index contributed by atoms with van der Waals surface area (Å²) >= 11 is 0. The van der Waals surface area contributed by atoms with E-state index in [9.17, 15) is 5.11 Å². The normalized spacial score (nSPS) is 12.2. The molecule has 4 nitrogen and oxygen atoms in total.